The second kappa shape index (κ2) is 8.37. The molecule has 158 valence electrons. The van der Waals surface area contributed by atoms with Crippen molar-refractivity contribution in [2.75, 3.05) is 5.32 Å². The molecule has 2 heterocycles. The van der Waals surface area contributed by atoms with Crippen LogP contribution in [0, 0.1) is 12.3 Å². The van der Waals surface area contributed by atoms with Crippen molar-refractivity contribution in [2.45, 2.75) is 0 Å². The van der Waals surface area contributed by atoms with Gasteiger partial charge in [0.05, 0.1) is 5.56 Å². The number of terminal acetylenes is 1. The number of carboxylic acid groups (broad SMARTS) is 1. The number of anilines is 2. The van der Waals surface area contributed by atoms with Gasteiger partial charge in [-0.1, -0.05) is 48.4 Å². The summed E-state index contributed by atoms with van der Waals surface area (Å²) in [7, 11) is 0. The average molecular weight is 429 g/mol. The van der Waals surface area contributed by atoms with E-state index in [1.807, 2.05) is 65.2 Å². The van der Waals surface area contributed by atoms with Gasteiger partial charge in [-0.2, -0.15) is 0 Å². The van der Waals surface area contributed by atoms with Crippen LogP contribution in [-0.4, -0.2) is 20.5 Å². The van der Waals surface area contributed by atoms with E-state index in [9.17, 15) is 9.90 Å². The van der Waals surface area contributed by atoms with Gasteiger partial charge < -0.3 is 10.4 Å². The summed E-state index contributed by atoms with van der Waals surface area (Å²) in [4.78, 5) is 16.1. The zero-order valence-corrected chi connectivity index (χ0v) is 17.6. The Morgan fingerprint density at radius 3 is 2.27 bits per heavy atom. The monoisotopic (exact) mass is 429 g/mol. The number of fused-ring (bicyclic) bond motifs is 1. The maximum atomic E-state index is 11.2. The summed E-state index contributed by atoms with van der Waals surface area (Å²) in [5.74, 6) is 2.46. The molecule has 0 radical (unpaired) electrons. The molecular weight excluding hydrogens is 410 g/mol. The van der Waals surface area contributed by atoms with E-state index in [0.717, 1.165) is 45.1 Å². The van der Waals surface area contributed by atoms with E-state index in [1.54, 1.807) is 24.3 Å². The van der Waals surface area contributed by atoms with Gasteiger partial charge in [0, 0.05) is 23.0 Å². The minimum absolute atomic E-state index is 0.233. The summed E-state index contributed by atoms with van der Waals surface area (Å²) in [6, 6.07) is 28.6. The van der Waals surface area contributed by atoms with Crippen molar-refractivity contribution in [1.82, 2.24) is 9.38 Å². The number of carboxylic acids is 1. The van der Waals surface area contributed by atoms with Gasteiger partial charge in [0.2, 0.25) is 0 Å². The van der Waals surface area contributed by atoms with Gasteiger partial charge in [0.15, 0.2) is 0 Å². The smallest absolute Gasteiger partial charge is 0.335 e. The van der Waals surface area contributed by atoms with E-state index in [0.29, 0.717) is 0 Å². The number of rotatable bonds is 5. The Kier molecular flexibility index (Phi) is 5.10. The lowest BCUT2D eigenvalue weighted by atomic mass is 10.1. The second-order valence-electron chi connectivity index (χ2n) is 7.55. The Bertz CT molecular complexity index is 1490. The number of hydrogen-bond donors (Lipinski definition) is 2. The lowest BCUT2D eigenvalue weighted by Crippen LogP contribution is -1.99. The van der Waals surface area contributed by atoms with Crippen molar-refractivity contribution < 1.29 is 9.90 Å². The summed E-state index contributed by atoms with van der Waals surface area (Å²) in [5.41, 5.74) is 6.45. The first-order valence-corrected chi connectivity index (χ1v) is 10.4. The molecule has 0 aliphatic carbocycles. The number of aromatic carboxylic acids is 1. The molecule has 2 N–H and O–H groups in total. The fourth-order valence-electron chi connectivity index (χ4n) is 3.73. The summed E-state index contributed by atoms with van der Waals surface area (Å²) < 4.78 is 1.99. The first-order valence-electron chi connectivity index (χ1n) is 10.4. The van der Waals surface area contributed by atoms with Gasteiger partial charge in [-0.05, 0) is 59.7 Å². The molecule has 0 saturated carbocycles. The molecule has 5 aromatic rings. The number of imidazole rings is 1. The summed E-state index contributed by atoms with van der Waals surface area (Å²) in [6.07, 6.45) is 7.50. The molecule has 0 unspecified atom stereocenters. The minimum atomic E-state index is -0.959. The standard InChI is InChI=1S/C28H19N3O2/c1-2-19-8-10-21(11-9-19)26-27(29-24-14-12-22(13-15-24)28(32)33)31-17-16-23(18-25(31)30-26)20-6-4-3-5-7-20/h1,3-18,29H,(H,32,33). The molecule has 5 nitrogen and oxygen atoms in total. The summed E-state index contributed by atoms with van der Waals surface area (Å²) >= 11 is 0. The third-order valence-corrected chi connectivity index (χ3v) is 5.45. The third kappa shape index (κ3) is 3.93. The predicted octanol–water partition coefficient (Wildman–Crippen LogP) is 6.09. The van der Waals surface area contributed by atoms with Gasteiger partial charge in [0.25, 0.3) is 0 Å². The van der Waals surface area contributed by atoms with E-state index in [2.05, 4.69) is 23.4 Å². The molecule has 0 aliphatic rings. The van der Waals surface area contributed by atoms with Gasteiger partial charge in [0.1, 0.15) is 17.2 Å². The van der Waals surface area contributed by atoms with Crippen LogP contribution in [0.4, 0.5) is 11.5 Å². The number of benzene rings is 3. The Labute approximate surface area is 191 Å². The second-order valence-corrected chi connectivity index (χ2v) is 7.55. The Morgan fingerprint density at radius 1 is 0.879 bits per heavy atom. The molecule has 0 amide bonds. The van der Waals surface area contributed by atoms with Crippen molar-refractivity contribution in [3.63, 3.8) is 0 Å². The van der Waals surface area contributed by atoms with Crippen LogP contribution in [0.25, 0.3) is 28.0 Å². The van der Waals surface area contributed by atoms with Crippen molar-refractivity contribution >= 4 is 23.1 Å². The maximum absolute atomic E-state index is 11.2. The minimum Gasteiger partial charge on any atom is -0.478 e. The van der Waals surface area contributed by atoms with Crippen LogP contribution < -0.4 is 5.32 Å². The number of pyridine rings is 1. The molecule has 0 bridgehead atoms. The van der Waals surface area contributed by atoms with Crippen LogP contribution in [-0.2, 0) is 0 Å². The fourth-order valence-corrected chi connectivity index (χ4v) is 3.73. The van der Waals surface area contributed by atoms with Crippen molar-refractivity contribution in [3.8, 4) is 34.7 Å². The summed E-state index contributed by atoms with van der Waals surface area (Å²) in [6.45, 7) is 0. The number of nitrogens with one attached hydrogen (secondary N) is 1. The number of aromatic nitrogens is 2. The van der Waals surface area contributed by atoms with Crippen LogP contribution >= 0.6 is 0 Å². The highest BCUT2D eigenvalue weighted by molar-refractivity contribution is 5.88. The molecular formula is C28H19N3O2. The number of carbonyl (C=O) groups is 1. The van der Waals surface area contributed by atoms with Gasteiger partial charge in [-0.15, -0.1) is 6.42 Å². The van der Waals surface area contributed by atoms with E-state index < -0.39 is 5.97 Å². The van der Waals surface area contributed by atoms with Crippen LogP contribution in [0.3, 0.4) is 0 Å². The molecule has 0 spiro atoms. The van der Waals surface area contributed by atoms with E-state index in [1.165, 1.54) is 0 Å². The SMILES string of the molecule is C#Cc1ccc(-c2nc3cc(-c4ccccc4)ccn3c2Nc2ccc(C(=O)O)cc2)cc1. The fraction of sp³-hybridized carbons (Fsp3) is 0. The molecule has 3 aromatic carbocycles. The molecule has 2 aromatic heterocycles. The highest BCUT2D eigenvalue weighted by Crippen LogP contribution is 2.33. The summed E-state index contributed by atoms with van der Waals surface area (Å²) in [5, 5.41) is 12.6. The number of hydrogen-bond acceptors (Lipinski definition) is 3. The number of nitrogens with zero attached hydrogens (tertiary/aromatic N) is 2. The molecule has 0 saturated heterocycles. The Morgan fingerprint density at radius 2 is 1.61 bits per heavy atom. The Hall–Kier alpha value is -4.82. The quantitative estimate of drug-likeness (QED) is 0.332. The van der Waals surface area contributed by atoms with E-state index >= 15 is 0 Å². The largest absolute Gasteiger partial charge is 0.478 e. The lowest BCUT2D eigenvalue weighted by Gasteiger charge is -2.10. The van der Waals surface area contributed by atoms with Crippen LogP contribution in [0.5, 0.6) is 0 Å². The predicted molar refractivity (Wildman–Crippen MR) is 131 cm³/mol. The molecule has 0 fully saturated rings. The average Bonchev–Trinajstić information content (AvgIpc) is 3.22. The van der Waals surface area contributed by atoms with E-state index in [4.69, 9.17) is 11.4 Å². The highest BCUT2D eigenvalue weighted by Gasteiger charge is 2.16. The molecule has 0 aliphatic heterocycles. The van der Waals surface area contributed by atoms with Crippen molar-refractivity contribution in [2.24, 2.45) is 0 Å². The maximum Gasteiger partial charge on any atom is 0.335 e. The highest BCUT2D eigenvalue weighted by atomic mass is 16.4. The van der Waals surface area contributed by atoms with Crippen molar-refractivity contribution in [1.29, 1.82) is 0 Å². The van der Waals surface area contributed by atoms with Crippen LogP contribution in [0.2, 0.25) is 0 Å². The molecule has 5 rings (SSSR count). The normalized spacial score (nSPS) is 10.6. The zero-order chi connectivity index (χ0) is 22.8. The topological polar surface area (TPSA) is 66.6 Å². The molecule has 5 heteroatoms. The van der Waals surface area contributed by atoms with Crippen LogP contribution in [0.1, 0.15) is 15.9 Å². The van der Waals surface area contributed by atoms with E-state index in [-0.39, 0.29) is 5.56 Å². The van der Waals surface area contributed by atoms with Crippen LogP contribution in [0.15, 0.2) is 97.2 Å². The van der Waals surface area contributed by atoms with Crippen molar-refractivity contribution in [3.05, 3.63) is 108 Å². The lowest BCUT2D eigenvalue weighted by molar-refractivity contribution is 0.0697. The molecule has 33 heavy (non-hydrogen) atoms. The molecule has 0 atom stereocenters. The van der Waals surface area contributed by atoms with Gasteiger partial charge in [-0.3, -0.25) is 4.40 Å². The Balaban J connectivity index is 1.63. The van der Waals surface area contributed by atoms with Gasteiger partial charge >= 0.3 is 5.97 Å². The van der Waals surface area contributed by atoms with Gasteiger partial charge in [-0.25, -0.2) is 9.78 Å². The zero-order valence-electron chi connectivity index (χ0n) is 17.6. The third-order valence-electron chi connectivity index (χ3n) is 5.45. The first-order chi connectivity index (χ1) is 16.1. The first kappa shape index (κ1) is 20.1.